The minimum Gasteiger partial charge on any atom is -0.309 e. The van der Waals surface area contributed by atoms with Crippen LogP contribution in [0.25, 0.3) is 5.69 Å². The van der Waals surface area contributed by atoms with Crippen molar-refractivity contribution in [2.24, 2.45) is 0 Å². The van der Waals surface area contributed by atoms with Gasteiger partial charge in [-0.3, -0.25) is 5.10 Å². The standard InChI is InChI=1S/C13H15N2O2.Na/c1-2-3-9-11-12(16)14-15(13(11)17)10-7-5-4-6-8-10;/h4-8H,2-3,9H2,1H3,(H,14,16);/q-1;+1. The number of benzene rings is 1. The molecule has 2 aromatic rings. The second kappa shape index (κ2) is 6.83. The van der Waals surface area contributed by atoms with Crippen LogP contribution in [0, 0.1) is 0 Å². The second-order valence-corrected chi connectivity index (χ2v) is 4.00. The molecule has 18 heavy (non-hydrogen) atoms. The third-order valence-corrected chi connectivity index (χ3v) is 2.74. The van der Waals surface area contributed by atoms with Gasteiger partial charge >= 0.3 is 29.6 Å². The van der Waals surface area contributed by atoms with Crippen LogP contribution in [0.4, 0.5) is 0 Å². The first-order valence-corrected chi connectivity index (χ1v) is 5.80. The van der Waals surface area contributed by atoms with Crippen molar-refractivity contribution in [3.05, 3.63) is 56.6 Å². The molecule has 0 fully saturated rings. The number of nitrogens with zero attached hydrogens (tertiary/aromatic N) is 1. The molecule has 0 aliphatic heterocycles. The summed E-state index contributed by atoms with van der Waals surface area (Å²) in [5.74, 6) is 0. The number of para-hydroxylation sites is 1. The Hall–Kier alpha value is -0.970. The van der Waals surface area contributed by atoms with Crippen LogP contribution in [0.15, 0.2) is 39.9 Å². The smallest absolute Gasteiger partial charge is 0.309 e. The minimum absolute atomic E-state index is 0. The monoisotopic (exact) mass is 254 g/mol. The van der Waals surface area contributed by atoms with E-state index in [-0.39, 0.29) is 40.7 Å². The molecule has 0 amide bonds. The molecule has 0 radical (unpaired) electrons. The van der Waals surface area contributed by atoms with E-state index in [1.807, 2.05) is 25.1 Å². The Morgan fingerprint density at radius 3 is 2.50 bits per heavy atom. The van der Waals surface area contributed by atoms with Gasteiger partial charge in [0, 0.05) is 0 Å². The summed E-state index contributed by atoms with van der Waals surface area (Å²) in [5, 5.41) is 2.59. The van der Waals surface area contributed by atoms with Crippen molar-refractivity contribution in [1.82, 2.24) is 9.78 Å². The van der Waals surface area contributed by atoms with Gasteiger partial charge < -0.3 is 9.59 Å². The Labute approximate surface area is 127 Å². The van der Waals surface area contributed by atoms with Crippen LogP contribution in [-0.4, -0.2) is 9.78 Å². The molecular weight excluding hydrogens is 239 g/mol. The molecule has 1 aromatic heterocycles. The van der Waals surface area contributed by atoms with Gasteiger partial charge in [0.2, 0.25) is 0 Å². The predicted molar refractivity (Wildman–Crippen MR) is 66.9 cm³/mol. The van der Waals surface area contributed by atoms with Crippen molar-refractivity contribution in [2.45, 2.75) is 26.2 Å². The maximum absolute atomic E-state index is 12.0. The summed E-state index contributed by atoms with van der Waals surface area (Å²) >= 11 is 0. The molecule has 0 unspecified atom stereocenters. The molecule has 0 saturated heterocycles. The maximum atomic E-state index is 12.0. The van der Waals surface area contributed by atoms with Gasteiger partial charge in [-0.15, -0.1) is 6.42 Å². The van der Waals surface area contributed by atoms with Crippen LogP contribution in [0.3, 0.4) is 0 Å². The molecule has 0 bridgehead atoms. The van der Waals surface area contributed by atoms with Gasteiger partial charge in [0.05, 0.1) is 5.69 Å². The summed E-state index contributed by atoms with van der Waals surface area (Å²) in [5.41, 5.74) is 0.551. The van der Waals surface area contributed by atoms with E-state index in [9.17, 15) is 9.59 Å². The van der Waals surface area contributed by atoms with Crippen LogP contribution >= 0.6 is 0 Å². The molecule has 0 aliphatic carbocycles. The van der Waals surface area contributed by atoms with Crippen molar-refractivity contribution in [3.8, 4) is 5.69 Å². The molecule has 1 aromatic carbocycles. The van der Waals surface area contributed by atoms with Gasteiger partial charge in [-0.2, -0.15) is 0 Å². The quantitative estimate of drug-likeness (QED) is 0.538. The molecule has 0 saturated carbocycles. The third-order valence-electron chi connectivity index (χ3n) is 2.74. The molecule has 2 rings (SSSR count). The van der Waals surface area contributed by atoms with E-state index in [1.54, 1.807) is 12.1 Å². The average molecular weight is 254 g/mol. The van der Waals surface area contributed by atoms with Crippen molar-refractivity contribution >= 4 is 0 Å². The first-order chi connectivity index (χ1) is 8.24. The zero-order chi connectivity index (χ0) is 12.3. The Morgan fingerprint density at radius 1 is 1.22 bits per heavy atom. The summed E-state index contributed by atoms with van der Waals surface area (Å²) in [6.45, 7) is 2.03. The minimum atomic E-state index is -0.271. The molecule has 4 nitrogen and oxygen atoms in total. The summed E-state index contributed by atoms with van der Waals surface area (Å²) in [4.78, 5) is 23.7. The van der Waals surface area contributed by atoms with E-state index in [0.717, 1.165) is 12.8 Å². The fourth-order valence-corrected chi connectivity index (χ4v) is 1.78. The Balaban J connectivity index is 0.00000162. The van der Waals surface area contributed by atoms with E-state index in [4.69, 9.17) is 0 Å². The van der Waals surface area contributed by atoms with Gasteiger partial charge in [0.15, 0.2) is 0 Å². The van der Waals surface area contributed by atoms with Crippen molar-refractivity contribution in [2.75, 3.05) is 0 Å². The maximum Gasteiger partial charge on any atom is 1.00 e. The Bertz CT molecular complexity index is 595. The largest absolute Gasteiger partial charge is 1.00 e. The van der Waals surface area contributed by atoms with Gasteiger partial charge in [0.25, 0.3) is 0 Å². The molecule has 5 heteroatoms. The number of hydrogen-bond donors (Lipinski definition) is 1. The summed E-state index contributed by atoms with van der Waals surface area (Å²) in [6.07, 6.45) is 2.37. The zero-order valence-electron chi connectivity index (χ0n) is 10.8. The number of rotatable bonds is 4. The molecule has 0 spiro atoms. The topological polar surface area (TPSA) is 54.9 Å². The number of H-pyrrole nitrogens is 1. The molecule has 1 heterocycles. The number of aromatic amines is 1. The van der Waals surface area contributed by atoms with Gasteiger partial charge in [0.1, 0.15) is 11.1 Å². The van der Waals surface area contributed by atoms with E-state index in [0.29, 0.717) is 17.7 Å². The zero-order valence-corrected chi connectivity index (χ0v) is 12.8. The first kappa shape index (κ1) is 15.1. The van der Waals surface area contributed by atoms with Crippen LogP contribution in [0.5, 0.6) is 0 Å². The Morgan fingerprint density at radius 2 is 1.89 bits per heavy atom. The first-order valence-electron chi connectivity index (χ1n) is 5.80. The average Bonchev–Trinajstić information content (AvgIpc) is 2.64. The van der Waals surface area contributed by atoms with E-state index >= 15 is 0 Å². The molecule has 90 valence electrons. The van der Waals surface area contributed by atoms with Crippen LogP contribution in [0.2, 0.25) is 0 Å². The predicted octanol–water partition coefficient (Wildman–Crippen LogP) is -1.41. The summed E-state index contributed by atoms with van der Waals surface area (Å²) < 4.78 is 1.31. The molecule has 1 N–H and O–H groups in total. The van der Waals surface area contributed by atoms with Crippen molar-refractivity contribution < 1.29 is 29.6 Å². The number of nitrogens with one attached hydrogen (secondary N) is 1. The fourth-order valence-electron chi connectivity index (χ4n) is 1.78. The normalized spacial score (nSPS) is 10.1. The second-order valence-electron chi connectivity index (χ2n) is 4.00. The van der Waals surface area contributed by atoms with E-state index < -0.39 is 0 Å². The third kappa shape index (κ3) is 3.07. The van der Waals surface area contributed by atoms with E-state index in [2.05, 4.69) is 5.10 Å². The van der Waals surface area contributed by atoms with Crippen LogP contribution in [0.1, 0.15) is 25.3 Å². The van der Waals surface area contributed by atoms with Gasteiger partial charge in [-0.25, -0.2) is 10.2 Å². The SMILES string of the molecule is CCCC[c-]1c(=O)[nH]n(-c2ccccc2)c1=O.[Na+]. The number of unbranched alkanes of at least 4 members (excludes halogenated alkanes) is 1. The number of aromatic nitrogens is 2. The summed E-state index contributed by atoms with van der Waals surface area (Å²) in [7, 11) is 0. The van der Waals surface area contributed by atoms with Gasteiger partial charge in [-0.1, -0.05) is 38.0 Å². The van der Waals surface area contributed by atoms with Crippen molar-refractivity contribution in [3.63, 3.8) is 0 Å². The van der Waals surface area contributed by atoms with Crippen LogP contribution in [-0.2, 0) is 6.42 Å². The number of hydrogen-bond acceptors (Lipinski definition) is 2. The van der Waals surface area contributed by atoms with Gasteiger partial charge in [-0.05, 0) is 12.1 Å². The summed E-state index contributed by atoms with van der Waals surface area (Å²) in [6, 6.07) is 9.12. The Kier molecular flexibility index (Phi) is 5.72. The van der Waals surface area contributed by atoms with Crippen molar-refractivity contribution in [1.29, 1.82) is 0 Å². The molecule has 0 atom stereocenters. The fraction of sp³-hybridized carbons (Fsp3) is 0.308. The molecular formula is C13H15N2NaO2. The van der Waals surface area contributed by atoms with E-state index in [1.165, 1.54) is 4.68 Å². The van der Waals surface area contributed by atoms with Crippen LogP contribution < -0.4 is 40.7 Å². The molecule has 0 aliphatic rings.